The molecule has 3 aromatic carbocycles. The summed E-state index contributed by atoms with van der Waals surface area (Å²) in [7, 11) is -4.33. The minimum Gasteiger partial charge on any atom is -0.479 e. The molecule has 10 nitrogen and oxygen atoms in total. The number of fused-ring (bicyclic) bond motifs is 2. The van der Waals surface area contributed by atoms with E-state index in [1.165, 1.54) is 18.5 Å². The zero-order valence-corrected chi connectivity index (χ0v) is 22.9. The van der Waals surface area contributed by atoms with Crippen molar-refractivity contribution in [1.29, 1.82) is 5.41 Å². The Morgan fingerprint density at radius 1 is 1.10 bits per heavy atom. The Morgan fingerprint density at radius 2 is 1.88 bits per heavy atom. The van der Waals surface area contributed by atoms with Gasteiger partial charge in [0.15, 0.2) is 0 Å². The summed E-state index contributed by atoms with van der Waals surface area (Å²) in [4.78, 5) is 31.0. The smallest absolute Gasteiger partial charge is 0.342 e. The topological polar surface area (TPSA) is 167 Å². The number of nitrogen functional groups attached to an aromatic ring is 1. The second kappa shape index (κ2) is 11.4. The van der Waals surface area contributed by atoms with Crippen LogP contribution in [0.1, 0.15) is 29.5 Å². The van der Waals surface area contributed by atoms with E-state index >= 15 is 0 Å². The van der Waals surface area contributed by atoms with Crippen molar-refractivity contribution in [3.8, 4) is 0 Å². The third-order valence-electron chi connectivity index (χ3n) is 7.17. The average Bonchev–Trinajstić information content (AvgIpc) is 2.97. The Morgan fingerprint density at radius 3 is 2.61 bits per heavy atom. The summed E-state index contributed by atoms with van der Waals surface area (Å²) in [5.41, 5.74) is 8.99. The molecule has 0 bridgehead atoms. The number of aromatic nitrogens is 1. The van der Waals surface area contributed by atoms with Gasteiger partial charge in [-0.05, 0) is 60.7 Å². The number of pyridine rings is 1. The van der Waals surface area contributed by atoms with Crippen molar-refractivity contribution in [3.05, 3.63) is 95.8 Å². The number of benzene rings is 3. The van der Waals surface area contributed by atoms with Crippen LogP contribution in [0, 0.1) is 5.41 Å². The number of nitrogens with two attached hydrogens (primary N) is 1. The zero-order chi connectivity index (χ0) is 29.1. The van der Waals surface area contributed by atoms with Gasteiger partial charge in [-0.3, -0.25) is 15.2 Å². The number of hydrogen-bond acceptors (Lipinski definition) is 7. The fourth-order valence-corrected chi connectivity index (χ4v) is 6.65. The van der Waals surface area contributed by atoms with Gasteiger partial charge in [0.1, 0.15) is 5.84 Å². The van der Waals surface area contributed by atoms with Gasteiger partial charge in [0, 0.05) is 53.1 Å². The number of aliphatic carboxylic acids is 1. The molecule has 1 atom stereocenters. The van der Waals surface area contributed by atoms with Gasteiger partial charge in [-0.1, -0.05) is 36.4 Å². The molecule has 0 aliphatic carbocycles. The van der Waals surface area contributed by atoms with Gasteiger partial charge >= 0.3 is 5.97 Å². The summed E-state index contributed by atoms with van der Waals surface area (Å²) < 4.78 is 27.1. The maximum Gasteiger partial charge on any atom is 0.342 e. The maximum atomic E-state index is 13.5. The molecule has 0 spiro atoms. The monoisotopic (exact) mass is 571 g/mol. The molecular weight excluding hydrogens is 542 g/mol. The van der Waals surface area contributed by atoms with Gasteiger partial charge in [-0.2, -0.15) is 0 Å². The summed E-state index contributed by atoms with van der Waals surface area (Å²) in [6.07, 6.45) is 5.20. The van der Waals surface area contributed by atoms with Crippen LogP contribution >= 0.6 is 0 Å². The highest BCUT2D eigenvalue weighted by atomic mass is 32.2. The van der Waals surface area contributed by atoms with Crippen LogP contribution in [0.25, 0.3) is 10.8 Å². The largest absolute Gasteiger partial charge is 0.479 e. The van der Waals surface area contributed by atoms with Crippen molar-refractivity contribution in [2.75, 3.05) is 16.8 Å². The van der Waals surface area contributed by atoms with Crippen molar-refractivity contribution < 1.29 is 23.1 Å². The Hall–Kier alpha value is -4.77. The first-order valence-electron chi connectivity index (χ1n) is 13.1. The van der Waals surface area contributed by atoms with Crippen LogP contribution in [0.4, 0.5) is 11.4 Å². The Labute approximate surface area is 237 Å². The summed E-state index contributed by atoms with van der Waals surface area (Å²) in [5.74, 6) is -1.58. The van der Waals surface area contributed by atoms with Gasteiger partial charge < -0.3 is 21.1 Å². The Bertz CT molecular complexity index is 1750. The van der Waals surface area contributed by atoms with E-state index in [1.807, 2.05) is 12.1 Å². The number of amidine groups is 1. The van der Waals surface area contributed by atoms with E-state index in [9.17, 15) is 23.1 Å². The summed E-state index contributed by atoms with van der Waals surface area (Å²) in [6, 6.07) is 18.5. The van der Waals surface area contributed by atoms with Crippen LogP contribution in [-0.4, -0.2) is 48.1 Å². The van der Waals surface area contributed by atoms with E-state index in [2.05, 4.69) is 10.3 Å². The molecule has 1 amide bonds. The SMILES string of the molecule is N=C(N)c1ccc(CCC(=O)N2CCCc3cc(NC(C(=O)O)S(=O)(=O)c4cccc5cnccc45)ccc32)cc1. The van der Waals surface area contributed by atoms with Crippen LogP contribution in [0.15, 0.2) is 84.0 Å². The Kier molecular flexibility index (Phi) is 7.71. The number of carboxylic acid groups (broad SMARTS) is 1. The molecule has 1 aliphatic heterocycles. The fraction of sp³-hybridized carbons (Fsp3) is 0.200. The van der Waals surface area contributed by atoms with Crippen molar-refractivity contribution in [2.24, 2.45) is 5.73 Å². The van der Waals surface area contributed by atoms with Crippen LogP contribution < -0.4 is 16.0 Å². The van der Waals surface area contributed by atoms with Gasteiger partial charge in [0.2, 0.25) is 21.1 Å². The van der Waals surface area contributed by atoms with Crippen LogP contribution in [0.2, 0.25) is 0 Å². The molecule has 0 saturated heterocycles. The number of nitrogens with zero attached hydrogens (tertiary/aromatic N) is 2. The highest BCUT2D eigenvalue weighted by molar-refractivity contribution is 7.93. The molecule has 0 fully saturated rings. The lowest BCUT2D eigenvalue weighted by Gasteiger charge is -2.30. The third-order valence-corrected chi connectivity index (χ3v) is 9.08. The number of nitrogens with one attached hydrogen (secondary N) is 2. The molecule has 5 N–H and O–H groups in total. The number of aryl methyl sites for hydroxylation is 2. The molecule has 41 heavy (non-hydrogen) atoms. The number of carboxylic acids is 1. The first-order valence-corrected chi connectivity index (χ1v) is 14.6. The summed E-state index contributed by atoms with van der Waals surface area (Å²) >= 11 is 0. The van der Waals surface area contributed by atoms with Gasteiger partial charge in [0.05, 0.1) is 4.90 Å². The third kappa shape index (κ3) is 5.75. The molecular formula is C30H29N5O5S. The van der Waals surface area contributed by atoms with E-state index in [-0.39, 0.29) is 16.6 Å². The normalized spacial score (nSPS) is 13.8. The van der Waals surface area contributed by atoms with E-state index in [4.69, 9.17) is 11.1 Å². The number of rotatable bonds is 9. The number of amides is 1. The predicted octanol–water partition coefficient (Wildman–Crippen LogP) is 3.73. The number of sulfone groups is 1. The van der Waals surface area contributed by atoms with Crippen molar-refractivity contribution in [2.45, 2.75) is 36.0 Å². The molecule has 0 saturated carbocycles. The quantitative estimate of drug-likeness (QED) is 0.174. The van der Waals surface area contributed by atoms with Gasteiger partial charge in [-0.15, -0.1) is 0 Å². The molecule has 1 aromatic heterocycles. The molecule has 0 radical (unpaired) electrons. The summed E-state index contributed by atoms with van der Waals surface area (Å²) in [6.45, 7) is 0.559. The first-order chi connectivity index (χ1) is 19.6. The minimum absolute atomic E-state index is 0.00945. The molecule has 210 valence electrons. The van der Waals surface area contributed by atoms with Gasteiger partial charge in [0.25, 0.3) is 0 Å². The maximum absolute atomic E-state index is 13.5. The van der Waals surface area contributed by atoms with Crippen LogP contribution in [0.3, 0.4) is 0 Å². The lowest BCUT2D eigenvalue weighted by molar-refractivity contribution is -0.136. The van der Waals surface area contributed by atoms with E-state index in [1.54, 1.807) is 53.4 Å². The average molecular weight is 572 g/mol. The fourth-order valence-electron chi connectivity index (χ4n) is 5.07. The van der Waals surface area contributed by atoms with Crippen molar-refractivity contribution >= 4 is 49.7 Å². The van der Waals surface area contributed by atoms with Crippen molar-refractivity contribution in [3.63, 3.8) is 0 Å². The molecule has 1 unspecified atom stereocenters. The second-order valence-corrected chi connectivity index (χ2v) is 11.9. The number of carbonyl (C=O) groups excluding carboxylic acids is 1. The van der Waals surface area contributed by atoms with Gasteiger partial charge in [-0.25, -0.2) is 13.2 Å². The molecule has 2 heterocycles. The van der Waals surface area contributed by atoms with Crippen LogP contribution in [0.5, 0.6) is 0 Å². The predicted molar refractivity (Wildman–Crippen MR) is 157 cm³/mol. The second-order valence-electron chi connectivity index (χ2n) is 9.86. The molecule has 5 rings (SSSR count). The van der Waals surface area contributed by atoms with E-state index in [0.29, 0.717) is 47.8 Å². The first kappa shape index (κ1) is 27.8. The van der Waals surface area contributed by atoms with Crippen LogP contribution in [-0.2, 0) is 32.3 Å². The highest BCUT2D eigenvalue weighted by Gasteiger charge is 2.35. The lowest BCUT2D eigenvalue weighted by Crippen LogP contribution is -2.38. The number of carbonyl (C=O) groups is 2. The summed E-state index contributed by atoms with van der Waals surface area (Å²) in [5, 5.41) is 19.2. The molecule has 4 aromatic rings. The number of hydrogen-bond donors (Lipinski definition) is 4. The minimum atomic E-state index is -4.33. The lowest BCUT2D eigenvalue weighted by atomic mass is 9.99. The van der Waals surface area contributed by atoms with E-state index in [0.717, 1.165) is 23.2 Å². The number of anilines is 2. The van der Waals surface area contributed by atoms with Crippen molar-refractivity contribution in [1.82, 2.24) is 4.98 Å². The van der Waals surface area contributed by atoms with E-state index < -0.39 is 21.2 Å². The zero-order valence-electron chi connectivity index (χ0n) is 22.1. The standard InChI is InChI=1S/C30H29N5O5S/c31-28(32)20-9-6-19(7-10-20)8-13-27(36)35-16-2-4-21-17-23(11-12-25(21)35)34-29(30(37)38)41(39,40)26-5-1-3-22-18-33-15-14-24(22)26/h1,3,5-7,9-12,14-15,17-18,29,34H,2,4,8,13,16H2,(H3,31,32)(H,37,38). The highest BCUT2D eigenvalue weighted by Crippen LogP contribution is 2.32. The molecule has 1 aliphatic rings. The Balaban J connectivity index is 1.34. The molecule has 11 heteroatoms.